The predicted molar refractivity (Wildman–Crippen MR) is 82.7 cm³/mol. The summed E-state index contributed by atoms with van der Waals surface area (Å²) in [7, 11) is 1.64. The van der Waals surface area contributed by atoms with Crippen LogP contribution in [0.5, 0.6) is 17.2 Å². The largest absolute Gasteiger partial charge is 0.508 e. The van der Waals surface area contributed by atoms with E-state index in [0.717, 1.165) is 11.3 Å². The van der Waals surface area contributed by atoms with Gasteiger partial charge in [0.1, 0.15) is 17.2 Å². The van der Waals surface area contributed by atoms with Crippen molar-refractivity contribution in [3.05, 3.63) is 53.6 Å². The first-order chi connectivity index (χ1) is 10.0. The van der Waals surface area contributed by atoms with Crippen molar-refractivity contribution in [2.75, 3.05) is 7.11 Å². The quantitative estimate of drug-likeness (QED) is 0.736. The summed E-state index contributed by atoms with van der Waals surface area (Å²) in [4.78, 5) is 0. The number of benzene rings is 2. The van der Waals surface area contributed by atoms with Crippen molar-refractivity contribution in [3.8, 4) is 17.2 Å². The Kier molecular flexibility index (Phi) is 4.70. The van der Waals surface area contributed by atoms with Crippen LogP contribution in [-0.4, -0.2) is 17.3 Å². The predicted octanol–water partition coefficient (Wildman–Crippen LogP) is 3.52. The van der Waals surface area contributed by atoms with Crippen LogP contribution < -0.4 is 10.1 Å². The molecule has 2 rings (SSSR count). The van der Waals surface area contributed by atoms with Crippen LogP contribution in [0.15, 0.2) is 42.5 Å². The first kappa shape index (κ1) is 15.2. The average molecular weight is 287 g/mol. The summed E-state index contributed by atoms with van der Waals surface area (Å²) in [6, 6.07) is 12.4. The van der Waals surface area contributed by atoms with Gasteiger partial charge in [-0.25, -0.2) is 0 Å². The number of phenolic OH excluding ortho intramolecular Hbond substituents is 2. The van der Waals surface area contributed by atoms with Crippen LogP contribution in [0, 0.1) is 0 Å². The van der Waals surface area contributed by atoms with Gasteiger partial charge in [0.15, 0.2) is 0 Å². The van der Waals surface area contributed by atoms with Crippen molar-refractivity contribution < 1.29 is 14.9 Å². The molecule has 0 aliphatic carbocycles. The third-order valence-corrected chi connectivity index (χ3v) is 3.57. The normalized spacial score (nSPS) is 13.7. The van der Waals surface area contributed by atoms with Crippen molar-refractivity contribution in [2.24, 2.45) is 0 Å². The fraction of sp³-hybridized carbons (Fsp3) is 0.294. The van der Waals surface area contributed by atoms with Crippen LogP contribution in [0.4, 0.5) is 0 Å². The van der Waals surface area contributed by atoms with Gasteiger partial charge in [-0.1, -0.05) is 12.1 Å². The summed E-state index contributed by atoms with van der Waals surface area (Å²) < 4.78 is 5.23. The van der Waals surface area contributed by atoms with Gasteiger partial charge in [0.05, 0.1) is 7.11 Å². The van der Waals surface area contributed by atoms with Gasteiger partial charge in [0.25, 0.3) is 0 Å². The maximum absolute atomic E-state index is 9.90. The molecule has 21 heavy (non-hydrogen) atoms. The van der Waals surface area contributed by atoms with E-state index in [0.29, 0.717) is 5.56 Å². The number of ether oxygens (including phenoxy) is 1. The molecule has 2 aromatic carbocycles. The standard InChI is InChI=1S/C17H21NO3/c1-11(13-5-4-6-15(9-13)21-3)18-12(2)16-10-14(19)7-8-17(16)20/h4-12,18-20H,1-3H3. The lowest BCUT2D eigenvalue weighted by Crippen LogP contribution is -2.22. The van der Waals surface area contributed by atoms with Gasteiger partial charge in [-0.05, 0) is 49.7 Å². The van der Waals surface area contributed by atoms with Crippen LogP contribution in [0.2, 0.25) is 0 Å². The number of phenols is 2. The highest BCUT2D eigenvalue weighted by atomic mass is 16.5. The van der Waals surface area contributed by atoms with E-state index < -0.39 is 0 Å². The van der Waals surface area contributed by atoms with E-state index in [1.54, 1.807) is 13.2 Å². The first-order valence-electron chi connectivity index (χ1n) is 6.93. The smallest absolute Gasteiger partial charge is 0.120 e. The van der Waals surface area contributed by atoms with E-state index in [-0.39, 0.29) is 23.6 Å². The highest BCUT2D eigenvalue weighted by molar-refractivity contribution is 5.40. The zero-order valence-electron chi connectivity index (χ0n) is 12.5. The molecule has 0 spiro atoms. The Balaban J connectivity index is 2.14. The number of hydrogen-bond acceptors (Lipinski definition) is 4. The lowest BCUT2D eigenvalue weighted by atomic mass is 10.0. The molecule has 0 aliphatic heterocycles. The van der Waals surface area contributed by atoms with E-state index >= 15 is 0 Å². The van der Waals surface area contributed by atoms with Crippen molar-refractivity contribution in [3.63, 3.8) is 0 Å². The molecule has 2 unspecified atom stereocenters. The monoisotopic (exact) mass is 287 g/mol. The highest BCUT2D eigenvalue weighted by Crippen LogP contribution is 2.29. The fourth-order valence-corrected chi connectivity index (χ4v) is 2.36. The summed E-state index contributed by atoms with van der Waals surface area (Å²) >= 11 is 0. The second kappa shape index (κ2) is 6.50. The molecular weight excluding hydrogens is 266 g/mol. The van der Waals surface area contributed by atoms with Crippen LogP contribution in [-0.2, 0) is 0 Å². The Morgan fingerprint density at radius 1 is 1.00 bits per heavy atom. The Hall–Kier alpha value is -2.20. The highest BCUT2D eigenvalue weighted by Gasteiger charge is 2.15. The number of methoxy groups -OCH3 is 1. The van der Waals surface area contributed by atoms with Crippen LogP contribution in [0.1, 0.15) is 37.1 Å². The topological polar surface area (TPSA) is 61.7 Å². The molecular formula is C17H21NO3. The molecule has 4 nitrogen and oxygen atoms in total. The molecule has 0 bridgehead atoms. The fourth-order valence-electron chi connectivity index (χ4n) is 2.36. The van der Waals surface area contributed by atoms with Gasteiger partial charge in [-0.3, -0.25) is 0 Å². The van der Waals surface area contributed by atoms with Crippen molar-refractivity contribution in [1.29, 1.82) is 0 Å². The van der Waals surface area contributed by atoms with Gasteiger partial charge in [-0.15, -0.1) is 0 Å². The molecule has 2 aromatic rings. The van der Waals surface area contributed by atoms with E-state index in [1.807, 2.05) is 38.1 Å². The molecule has 0 amide bonds. The molecule has 112 valence electrons. The summed E-state index contributed by atoms with van der Waals surface area (Å²) in [5.74, 6) is 1.13. The number of hydrogen-bond donors (Lipinski definition) is 3. The van der Waals surface area contributed by atoms with Crippen LogP contribution >= 0.6 is 0 Å². The van der Waals surface area contributed by atoms with Crippen LogP contribution in [0.3, 0.4) is 0 Å². The van der Waals surface area contributed by atoms with Crippen molar-refractivity contribution in [1.82, 2.24) is 5.32 Å². The summed E-state index contributed by atoms with van der Waals surface area (Å²) in [5.41, 5.74) is 1.77. The van der Waals surface area contributed by atoms with Crippen molar-refractivity contribution >= 4 is 0 Å². The zero-order chi connectivity index (χ0) is 15.4. The molecule has 0 saturated heterocycles. The Labute approximate surface area is 125 Å². The SMILES string of the molecule is COc1cccc(C(C)NC(C)c2cc(O)ccc2O)c1. The molecule has 0 radical (unpaired) electrons. The third-order valence-electron chi connectivity index (χ3n) is 3.57. The Morgan fingerprint density at radius 3 is 2.48 bits per heavy atom. The zero-order valence-corrected chi connectivity index (χ0v) is 12.5. The molecule has 3 N–H and O–H groups in total. The molecule has 2 atom stereocenters. The number of nitrogens with one attached hydrogen (secondary N) is 1. The molecule has 0 saturated carbocycles. The minimum Gasteiger partial charge on any atom is -0.508 e. The lowest BCUT2D eigenvalue weighted by molar-refractivity contribution is 0.411. The Bertz CT molecular complexity index is 613. The van der Waals surface area contributed by atoms with E-state index in [2.05, 4.69) is 5.32 Å². The van der Waals surface area contributed by atoms with Gasteiger partial charge in [0, 0.05) is 17.6 Å². The maximum Gasteiger partial charge on any atom is 0.120 e. The second-order valence-electron chi connectivity index (χ2n) is 5.13. The molecule has 0 heterocycles. The summed E-state index contributed by atoms with van der Waals surface area (Å²) in [6.07, 6.45) is 0. The molecule has 0 aliphatic rings. The average Bonchev–Trinajstić information content (AvgIpc) is 2.49. The maximum atomic E-state index is 9.90. The summed E-state index contributed by atoms with van der Waals surface area (Å²) in [5, 5.41) is 22.9. The molecule has 4 heteroatoms. The molecule has 0 fully saturated rings. The summed E-state index contributed by atoms with van der Waals surface area (Å²) in [6.45, 7) is 4.00. The van der Waals surface area contributed by atoms with Crippen LogP contribution in [0.25, 0.3) is 0 Å². The van der Waals surface area contributed by atoms with Crippen molar-refractivity contribution in [2.45, 2.75) is 25.9 Å². The third kappa shape index (κ3) is 3.67. The number of rotatable bonds is 5. The second-order valence-corrected chi connectivity index (χ2v) is 5.13. The first-order valence-corrected chi connectivity index (χ1v) is 6.93. The van der Waals surface area contributed by atoms with E-state index in [9.17, 15) is 10.2 Å². The lowest BCUT2D eigenvalue weighted by Gasteiger charge is -2.22. The number of aromatic hydroxyl groups is 2. The van der Waals surface area contributed by atoms with Gasteiger partial charge >= 0.3 is 0 Å². The van der Waals surface area contributed by atoms with Gasteiger partial charge in [-0.2, -0.15) is 0 Å². The van der Waals surface area contributed by atoms with Gasteiger partial charge in [0.2, 0.25) is 0 Å². The Morgan fingerprint density at radius 2 is 1.76 bits per heavy atom. The van der Waals surface area contributed by atoms with E-state index in [4.69, 9.17) is 4.74 Å². The minimum absolute atomic E-state index is 0.0804. The van der Waals surface area contributed by atoms with E-state index in [1.165, 1.54) is 12.1 Å². The molecule has 0 aromatic heterocycles. The minimum atomic E-state index is -0.0988. The van der Waals surface area contributed by atoms with Gasteiger partial charge < -0.3 is 20.3 Å².